The van der Waals surface area contributed by atoms with Crippen LogP contribution in [0.2, 0.25) is 0 Å². The van der Waals surface area contributed by atoms with E-state index in [9.17, 15) is 4.39 Å². The molecular formula is C14H23FN2O. The van der Waals surface area contributed by atoms with Gasteiger partial charge >= 0.3 is 0 Å². The van der Waals surface area contributed by atoms with Gasteiger partial charge in [0.05, 0.1) is 12.1 Å². The Kier molecular flexibility index (Phi) is 5.72. The topological polar surface area (TPSA) is 47.3 Å². The summed E-state index contributed by atoms with van der Waals surface area (Å²) in [5.74, 6) is 5.72. The molecule has 0 bridgehead atoms. The standard InChI is InChI=1S/C14H23FN2O/c1-9(2)14(18-4)13(17-16)8-11-7-12(15)6-5-10(11)3/h5-7,9,13-14,17H,8,16H2,1-4H3. The van der Waals surface area contributed by atoms with E-state index in [2.05, 4.69) is 19.3 Å². The molecule has 0 aliphatic heterocycles. The van der Waals surface area contributed by atoms with E-state index in [1.54, 1.807) is 19.2 Å². The summed E-state index contributed by atoms with van der Waals surface area (Å²) < 4.78 is 18.7. The van der Waals surface area contributed by atoms with E-state index in [0.717, 1.165) is 11.1 Å². The Morgan fingerprint density at radius 2 is 2.06 bits per heavy atom. The normalized spacial score (nSPS) is 14.8. The van der Waals surface area contributed by atoms with E-state index in [4.69, 9.17) is 10.6 Å². The van der Waals surface area contributed by atoms with Crippen LogP contribution in [0.15, 0.2) is 18.2 Å². The predicted molar refractivity (Wildman–Crippen MR) is 71.6 cm³/mol. The summed E-state index contributed by atoms with van der Waals surface area (Å²) in [5, 5.41) is 0. The number of hydrogen-bond acceptors (Lipinski definition) is 3. The Hall–Kier alpha value is -0.970. The number of ether oxygens (including phenoxy) is 1. The first-order valence-corrected chi connectivity index (χ1v) is 6.23. The van der Waals surface area contributed by atoms with Crippen molar-refractivity contribution in [3.63, 3.8) is 0 Å². The molecule has 3 nitrogen and oxygen atoms in total. The number of aryl methyl sites for hydroxylation is 1. The van der Waals surface area contributed by atoms with E-state index >= 15 is 0 Å². The largest absolute Gasteiger partial charge is 0.380 e. The zero-order chi connectivity index (χ0) is 13.7. The van der Waals surface area contributed by atoms with Gasteiger partial charge in [0.25, 0.3) is 0 Å². The van der Waals surface area contributed by atoms with Crippen molar-refractivity contribution in [2.75, 3.05) is 7.11 Å². The molecule has 0 saturated carbocycles. The molecular weight excluding hydrogens is 231 g/mol. The lowest BCUT2D eigenvalue weighted by Gasteiger charge is -2.29. The maximum atomic E-state index is 13.3. The molecule has 0 fully saturated rings. The van der Waals surface area contributed by atoms with Gasteiger partial charge in [0, 0.05) is 7.11 Å². The molecule has 0 aromatic heterocycles. The number of hydrazine groups is 1. The van der Waals surface area contributed by atoms with E-state index in [1.165, 1.54) is 6.07 Å². The number of rotatable bonds is 6. The molecule has 1 rings (SSSR count). The van der Waals surface area contributed by atoms with Gasteiger partial charge in [-0.05, 0) is 42.5 Å². The lowest BCUT2D eigenvalue weighted by atomic mass is 9.92. The van der Waals surface area contributed by atoms with Gasteiger partial charge in [0.1, 0.15) is 5.82 Å². The van der Waals surface area contributed by atoms with Gasteiger partial charge in [-0.3, -0.25) is 11.3 Å². The molecule has 2 unspecified atom stereocenters. The predicted octanol–water partition coefficient (Wildman–Crippen LogP) is 2.18. The van der Waals surface area contributed by atoms with Crippen molar-refractivity contribution in [1.29, 1.82) is 0 Å². The van der Waals surface area contributed by atoms with Crippen molar-refractivity contribution in [3.8, 4) is 0 Å². The Labute approximate surface area is 108 Å². The highest BCUT2D eigenvalue weighted by Crippen LogP contribution is 2.17. The molecule has 102 valence electrons. The summed E-state index contributed by atoms with van der Waals surface area (Å²) in [5.41, 5.74) is 4.81. The summed E-state index contributed by atoms with van der Waals surface area (Å²) in [6, 6.07) is 4.79. The van der Waals surface area contributed by atoms with Crippen LogP contribution in [0.1, 0.15) is 25.0 Å². The number of nitrogens with one attached hydrogen (secondary N) is 1. The van der Waals surface area contributed by atoms with Crippen LogP contribution in [-0.4, -0.2) is 19.3 Å². The Morgan fingerprint density at radius 1 is 1.39 bits per heavy atom. The molecule has 0 spiro atoms. The summed E-state index contributed by atoms with van der Waals surface area (Å²) in [6.45, 7) is 6.13. The number of methoxy groups -OCH3 is 1. The lowest BCUT2D eigenvalue weighted by Crippen LogP contribution is -2.48. The number of halogens is 1. The van der Waals surface area contributed by atoms with Gasteiger partial charge in [0.2, 0.25) is 0 Å². The fourth-order valence-electron chi connectivity index (χ4n) is 2.27. The summed E-state index contributed by atoms with van der Waals surface area (Å²) in [4.78, 5) is 0. The molecule has 1 aromatic rings. The minimum atomic E-state index is -0.218. The van der Waals surface area contributed by atoms with Crippen LogP contribution in [0.5, 0.6) is 0 Å². The Bertz CT molecular complexity index is 382. The first-order chi connectivity index (χ1) is 8.49. The first-order valence-electron chi connectivity index (χ1n) is 6.23. The Balaban J connectivity index is 2.88. The molecule has 18 heavy (non-hydrogen) atoms. The fourth-order valence-corrected chi connectivity index (χ4v) is 2.27. The van der Waals surface area contributed by atoms with Gasteiger partial charge in [-0.1, -0.05) is 19.9 Å². The molecule has 0 radical (unpaired) electrons. The smallest absolute Gasteiger partial charge is 0.123 e. The third-order valence-electron chi connectivity index (χ3n) is 3.29. The highest BCUT2D eigenvalue weighted by atomic mass is 19.1. The summed E-state index contributed by atoms with van der Waals surface area (Å²) >= 11 is 0. The lowest BCUT2D eigenvalue weighted by molar-refractivity contribution is 0.0332. The zero-order valence-electron chi connectivity index (χ0n) is 11.5. The molecule has 4 heteroatoms. The van der Waals surface area contributed by atoms with E-state index < -0.39 is 0 Å². The van der Waals surface area contributed by atoms with Crippen molar-refractivity contribution in [2.24, 2.45) is 11.8 Å². The van der Waals surface area contributed by atoms with E-state index in [1.807, 2.05) is 6.92 Å². The quantitative estimate of drug-likeness (QED) is 0.604. The number of hydrogen-bond donors (Lipinski definition) is 2. The third-order valence-corrected chi connectivity index (χ3v) is 3.29. The minimum absolute atomic E-state index is 0.00216. The van der Waals surface area contributed by atoms with Crippen LogP contribution in [0.25, 0.3) is 0 Å². The van der Waals surface area contributed by atoms with E-state index in [0.29, 0.717) is 12.3 Å². The molecule has 2 atom stereocenters. The van der Waals surface area contributed by atoms with E-state index in [-0.39, 0.29) is 18.0 Å². The van der Waals surface area contributed by atoms with Gasteiger partial charge in [-0.15, -0.1) is 0 Å². The van der Waals surface area contributed by atoms with Crippen LogP contribution in [0.3, 0.4) is 0 Å². The SMILES string of the molecule is COC(C(C)C)C(Cc1cc(F)ccc1C)NN. The number of nitrogens with two attached hydrogens (primary N) is 1. The highest BCUT2D eigenvalue weighted by molar-refractivity contribution is 5.27. The van der Waals surface area contributed by atoms with Crippen molar-refractivity contribution in [1.82, 2.24) is 5.43 Å². The second kappa shape index (κ2) is 6.83. The number of benzene rings is 1. The summed E-state index contributed by atoms with van der Waals surface area (Å²) in [6.07, 6.45) is 0.647. The highest BCUT2D eigenvalue weighted by Gasteiger charge is 2.24. The maximum absolute atomic E-state index is 13.3. The molecule has 0 amide bonds. The monoisotopic (exact) mass is 254 g/mol. The van der Waals surface area contributed by atoms with Crippen LogP contribution in [0.4, 0.5) is 4.39 Å². The molecule has 3 N–H and O–H groups in total. The zero-order valence-corrected chi connectivity index (χ0v) is 11.5. The van der Waals surface area contributed by atoms with Crippen LogP contribution < -0.4 is 11.3 Å². The maximum Gasteiger partial charge on any atom is 0.123 e. The third kappa shape index (κ3) is 3.77. The first kappa shape index (κ1) is 15.1. The second-order valence-electron chi connectivity index (χ2n) is 4.99. The van der Waals surface area contributed by atoms with Crippen molar-refractivity contribution >= 4 is 0 Å². The van der Waals surface area contributed by atoms with Gasteiger partial charge in [-0.2, -0.15) is 0 Å². The van der Waals surface area contributed by atoms with Crippen LogP contribution in [-0.2, 0) is 11.2 Å². The van der Waals surface area contributed by atoms with Gasteiger partial charge < -0.3 is 4.74 Å². The average Bonchev–Trinajstić information content (AvgIpc) is 2.32. The van der Waals surface area contributed by atoms with Crippen LogP contribution >= 0.6 is 0 Å². The van der Waals surface area contributed by atoms with Crippen LogP contribution in [0, 0.1) is 18.7 Å². The van der Waals surface area contributed by atoms with Gasteiger partial charge in [-0.25, -0.2) is 4.39 Å². The molecule has 0 heterocycles. The molecule has 0 saturated heterocycles. The minimum Gasteiger partial charge on any atom is -0.380 e. The van der Waals surface area contributed by atoms with Crippen molar-refractivity contribution < 1.29 is 9.13 Å². The molecule has 1 aromatic carbocycles. The average molecular weight is 254 g/mol. The second-order valence-corrected chi connectivity index (χ2v) is 4.99. The van der Waals surface area contributed by atoms with Crippen molar-refractivity contribution in [3.05, 3.63) is 35.1 Å². The molecule has 0 aliphatic carbocycles. The Morgan fingerprint density at radius 3 is 2.56 bits per heavy atom. The van der Waals surface area contributed by atoms with Gasteiger partial charge in [0.15, 0.2) is 0 Å². The van der Waals surface area contributed by atoms with Crippen molar-refractivity contribution in [2.45, 2.75) is 39.3 Å². The molecule has 0 aliphatic rings. The summed E-state index contributed by atoms with van der Waals surface area (Å²) in [7, 11) is 1.67. The fraction of sp³-hybridized carbons (Fsp3) is 0.571.